The van der Waals surface area contributed by atoms with Crippen molar-refractivity contribution < 1.29 is 4.42 Å². The summed E-state index contributed by atoms with van der Waals surface area (Å²) in [6, 6.07) is 3.64. The van der Waals surface area contributed by atoms with Crippen molar-refractivity contribution in [2.24, 2.45) is 28.6 Å². The van der Waals surface area contributed by atoms with Crippen LogP contribution < -0.4 is 5.63 Å². The van der Waals surface area contributed by atoms with Gasteiger partial charge in [0, 0.05) is 6.07 Å². The molecule has 0 aromatic carbocycles. The zero-order chi connectivity index (χ0) is 17.9. The summed E-state index contributed by atoms with van der Waals surface area (Å²) < 4.78 is 5.23. The van der Waals surface area contributed by atoms with Gasteiger partial charge < -0.3 is 4.42 Å². The van der Waals surface area contributed by atoms with Crippen molar-refractivity contribution in [3.8, 4) is 0 Å². The Morgan fingerprint density at radius 2 is 1.92 bits per heavy atom. The van der Waals surface area contributed by atoms with Crippen LogP contribution >= 0.6 is 0 Å². The minimum atomic E-state index is -0.228. The van der Waals surface area contributed by atoms with Gasteiger partial charge in [0.15, 0.2) is 0 Å². The Kier molecular flexibility index (Phi) is 3.78. The molecule has 3 fully saturated rings. The standard InChI is InChI=1S/C24H32O2/c1-23-13-4-3-5-17(23)7-8-18-20-10-9-19(16-6-11-22(25)26-15-16)24(20,2)14-12-21(18)23/h5-6,11,15,18-21H,3-4,7-10,12-14H2,1-2H3. The van der Waals surface area contributed by atoms with Crippen LogP contribution in [0, 0.1) is 28.6 Å². The van der Waals surface area contributed by atoms with Crippen LogP contribution in [0.3, 0.4) is 0 Å². The molecule has 4 aliphatic rings. The van der Waals surface area contributed by atoms with Crippen LogP contribution in [0.4, 0.5) is 0 Å². The molecule has 4 aliphatic carbocycles. The molecule has 1 aromatic rings. The number of allylic oxidation sites excluding steroid dienone is 2. The average Bonchev–Trinajstić information content (AvgIpc) is 2.99. The van der Waals surface area contributed by atoms with E-state index in [-0.39, 0.29) is 5.63 Å². The van der Waals surface area contributed by atoms with Gasteiger partial charge >= 0.3 is 5.63 Å². The van der Waals surface area contributed by atoms with Crippen LogP contribution in [0.1, 0.15) is 83.1 Å². The molecule has 140 valence electrons. The van der Waals surface area contributed by atoms with E-state index < -0.39 is 0 Å². The van der Waals surface area contributed by atoms with E-state index in [1.807, 2.05) is 6.07 Å². The fourth-order valence-electron chi connectivity index (χ4n) is 7.87. The first kappa shape index (κ1) is 16.8. The van der Waals surface area contributed by atoms with Crippen molar-refractivity contribution >= 4 is 0 Å². The Labute approximate surface area is 157 Å². The molecule has 1 heterocycles. The first-order valence-electron chi connectivity index (χ1n) is 10.8. The van der Waals surface area contributed by atoms with E-state index in [2.05, 4.69) is 19.9 Å². The van der Waals surface area contributed by atoms with Crippen LogP contribution in [0.2, 0.25) is 0 Å². The van der Waals surface area contributed by atoms with Crippen molar-refractivity contribution in [1.29, 1.82) is 0 Å². The third-order valence-electron chi connectivity index (χ3n) is 9.15. The summed E-state index contributed by atoms with van der Waals surface area (Å²) in [5.41, 5.74) is 3.70. The molecule has 0 radical (unpaired) electrons. The fraction of sp³-hybridized carbons (Fsp3) is 0.708. The second-order valence-corrected chi connectivity index (χ2v) is 10.0. The predicted octanol–water partition coefficient (Wildman–Crippen LogP) is 6.08. The molecule has 3 saturated carbocycles. The lowest BCUT2D eigenvalue weighted by Crippen LogP contribution is -2.49. The maximum absolute atomic E-state index is 11.4. The Balaban J connectivity index is 1.47. The van der Waals surface area contributed by atoms with Gasteiger partial charge in [-0.3, -0.25) is 0 Å². The van der Waals surface area contributed by atoms with Gasteiger partial charge in [-0.2, -0.15) is 0 Å². The van der Waals surface area contributed by atoms with Gasteiger partial charge in [-0.25, -0.2) is 4.79 Å². The number of hydrogen-bond acceptors (Lipinski definition) is 2. The number of fused-ring (bicyclic) bond motifs is 5. The zero-order valence-electron chi connectivity index (χ0n) is 16.3. The molecule has 26 heavy (non-hydrogen) atoms. The molecule has 0 amide bonds. The molecule has 6 unspecified atom stereocenters. The monoisotopic (exact) mass is 352 g/mol. The molecule has 0 bridgehead atoms. The lowest BCUT2D eigenvalue weighted by Gasteiger charge is -2.58. The van der Waals surface area contributed by atoms with Gasteiger partial charge in [0.1, 0.15) is 0 Å². The van der Waals surface area contributed by atoms with Crippen LogP contribution in [0.5, 0.6) is 0 Å². The Morgan fingerprint density at radius 1 is 1.04 bits per heavy atom. The van der Waals surface area contributed by atoms with E-state index in [0.29, 0.717) is 16.7 Å². The normalized spacial score (nSPS) is 44.6. The van der Waals surface area contributed by atoms with Crippen LogP contribution in [0.25, 0.3) is 0 Å². The van der Waals surface area contributed by atoms with E-state index >= 15 is 0 Å². The molecule has 0 N–H and O–H groups in total. The fourth-order valence-corrected chi connectivity index (χ4v) is 7.87. The SMILES string of the molecule is CC12CCCC=C1CCC1C2CCC2(C)C(c3ccc(=O)oc3)CCC12. The first-order valence-corrected chi connectivity index (χ1v) is 10.8. The Morgan fingerprint density at radius 3 is 2.73 bits per heavy atom. The van der Waals surface area contributed by atoms with E-state index in [0.717, 1.165) is 17.8 Å². The number of rotatable bonds is 1. The van der Waals surface area contributed by atoms with Gasteiger partial charge in [0.2, 0.25) is 0 Å². The topological polar surface area (TPSA) is 30.2 Å². The van der Waals surface area contributed by atoms with Crippen molar-refractivity contribution in [2.75, 3.05) is 0 Å². The molecule has 5 rings (SSSR count). The summed E-state index contributed by atoms with van der Waals surface area (Å²) in [6.45, 7) is 5.14. The molecule has 2 nitrogen and oxygen atoms in total. The quantitative estimate of drug-likeness (QED) is 0.574. The second kappa shape index (κ2) is 5.84. The predicted molar refractivity (Wildman–Crippen MR) is 104 cm³/mol. The molecule has 2 heteroatoms. The molecule has 0 spiro atoms. The maximum atomic E-state index is 11.4. The first-order chi connectivity index (χ1) is 12.5. The Bertz CT molecular complexity index is 769. The third-order valence-corrected chi connectivity index (χ3v) is 9.15. The number of hydrogen-bond donors (Lipinski definition) is 0. The van der Waals surface area contributed by atoms with Gasteiger partial charge in [0.25, 0.3) is 0 Å². The van der Waals surface area contributed by atoms with E-state index in [4.69, 9.17) is 4.42 Å². The van der Waals surface area contributed by atoms with Gasteiger partial charge in [-0.05, 0) is 104 Å². The van der Waals surface area contributed by atoms with Crippen LogP contribution in [-0.2, 0) is 0 Å². The summed E-state index contributed by atoms with van der Waals surface area (Å²) in [5.74, 6) is 3.20. The molecule has 6 atom stereocenters. The highest BCUT2D eigenvalue weighted by molar-refractivity contribution is 5.26. The summed E-state index contributed by atoms with van der Waals surface area (Å²) in [7, 11) is 0. The minimum Gasteiger partial charge on any atom is -0.431 e. The highest BCUT2D eigenvalue weighted by Crippen LogP contribution is 2.68. The van der Waals surface area contributed by atoms with Crippen molar-refractivity contribution in [3.05, 3.63) is 46.0 Å². The van der Waals surface area contributed by atoms with E-state index in [9.17, 15) is 4.79 Å². The second-order valence-electron chi connectivity index (χ2n) is 10.0. The summed E-state index contributed by atoms with van der Waals surface area (Å²) >= 11 is 0. The molecule has 0 saturated heterocycles. The van der Waals surface area contributed by atoms with Crippen molar-refractivity contribution in [1.82, 2.24) is 0 Å². The molecular weight excluding hydrogens is 320 g/mol. The molecule has 0 aliphatic heterocycles. The van der Waals surface area contributed by atoms with Gasteiger partial charge in [-0.15, -0.1) is 0 Å². The molecular formula is C24H32O2. The van der Waals surface area contributed by atoms with E-state index in [1.165, 1.54) is 63.4 Å². The summed E-state index contributed by atoms with van der Waals surface area (Å²) in [6.07, 6.45) is 16.5. The maximum Gasteiger partial charge on any atom is 0.335 e. The van der Waals surface area contributed by atoms with Crippen LogP contribution in [-0.4, -0.2) is 0 Å². The summed E-state index contributed by atoms with van der Waals surface area (Å²) in [4.78, 5) is 11.4. The van der Waals surface area contributed by atoms with Crippen LogP contribution in [0.15, 0.2) is 39.3 Å². The zero-order valence-corrected chi connectivity index (χ0v) is 16.3. The highest BCUT2D eigenvalue weighted by atomic mass is 16.4. The minimum absolute atomic E-state index is 0.228. The molecule has 1 aromatic heterocycles. The summed E-state index contributed by atoms with van der Waals surface area (Å²) in [5, 5.41) is 0. The van der Waals surface area contributed by atoms with E-state index in [1.54, 1.807) is 17.9 Å². The highest BCUT2D eigenvalue weighted by Gasteiger charge is 2.58. The van der Waals surface area contributed by atoms with Crippen molar-refractivity contribution in [2.45, 2.75) is 77.6 Å². The van der Waals surface area contributed by atoms with Crippen molar-refractivity contribution in [3.63, 3.8) is 0 Å². The Hall–Kier alpha value is -1.31. The average molecular weight is 353 g/mol. The largest absolute Gasteiger partial charge is 0.431 e. The smallest absolute Gasteiger partial charge is 0.335 e. The lowest BCUT2D eigenvalue weighted by atomic mass is 9.46. The third kappa shape index (κ3) is 2.26. The lowest BCUT2D eigenvalue weighted by molar-refractivity contribution is -0.0416. The van der Waals surface area contributed by atoms with Gasteiger partial charge in [0.05, 0.1) is 6.26 Å². The van der Waals surface area contributed by atoms with Gasteiger partial charge in [-0.1, -0.05) is 25.5 Å².